The summed E-state index contributed by atoms with van der Waals surface area (Å²) in [7, 11) is 0. The SMILES string of the molecule is CC1CC(CN)CN1CCc1ccccc1. The molecule has 0 saturated carbocycles. The molecule has 88 valence electrons. The van der Waals surface area contributed by atoms with Crippen molar-refractivity contribution < 1.29 is 0 Å². The van der Waals surface area contributed by atoms with Crippen molar-refractivity contribution in [1.29, 1.82) is 0 Å². The van der Waals surface area contributed by atoms with Crippen LogP contribution < -0.4 is 5.73 Å². The van der Waals surface area contributed by atoms with Crippen LogP contribution in [0.1, 0.15) is 18.9 Å². The molecule has 1 aliphatic heterocycles. The van der Waals surface area contributed by atoms with Gasteiger partial charge in [0.2, 0.25) is 0 Å². The molecule has 2 rings (SSSR count). The zero-order valence-electron chi connectivity index (χ0n) is 10.1. The quantitative estimate of drug-likeness (QED) is 0.836. The predicted octanol–water partition coefficient (Wildman–Crippen LogP) is 1.90. The highest BCUT2D eigenvalue weighted by atomic mass is 15.2. The van der Waals surface area contributed by atoms with Crippen molar-refractivity contribution in [2.45, 2.75) is 25.8 Å². The number of hydrogen-bond donors (Lipinski definition) is 1. The van der Waals surface area contributed by atoms with Crippen LogP contribution >= 0.6 is 0 Å². The van der Waals surface area contributed by atoms with Gasteiger partial charge in [0.1, 0.15) is 0 Å². The Kier molecular flexibility index (Phi) is 3.97. The highest BCUT2D eigenvalue weighted by Crippen LogP contribution is 2.22. The fourth-order valence-electron chi connectivity index (χ4n) is 2.62. The monoisotopic (exact) mass is 218 g/mol. The molecule has 16 heavy (non-hydrogen) atoms. The van der Waals surface area contributed by atoms with Crippen LogP contribution in [0.3, 0.4) is 0 Å². The maximum absolute atomic E-state index is 5.74. The average Bonchev–Trinajstić information content (AvgIpc) is 2.69. The first-order valence-electron chi connectivity index (χ1n) is 6.27. The maximum atomic E-state index is 5.74. The van der Waals surface area contributed by atoms with Crippen molar-refractivity contribution in [3.63, 3.8) is 0 Å². The van der Waals surface area contributed by atoms with Gasteiger partial charge >= 0.3 is 0 Å². The summed E-state index contributed by atoms with van der Waals surface area (Å²) in [6, 6.07) is 11.4. The van der Waals surface area contributed by atoms with Crippen LogP contribution in [-0.4, -0.2) is 30.6 Å². The van der Waals surface area contributed by atoms with Gasteiger partial charge in [0.25, 0.3) is 0 Å². The van der Waals surface area contributed by atoms with E-state index in [2.05, 4.69) is 42.2 Å². The van der Waals surface area contributed by atoms with E-state index in [1.54, 1.807) is 0 Å². The number of benzene rings is 1. The lowest BCUT2D eigenvalue weighted by Gasteiger charge is -2.20. The van der Waals surface area contributed by atoms with Crippen molar-refractivity contribution in [2.24, 2.45) is 11.7 Å². The second-order valence-electron chi connectivity index (χ2n) is 4.92. The maximum Gasteiger partial charge on any atom is 0.00707 e. The minimum absolute atomic E-state index is 0.706. The Labute approximate surface area is 98.4 Å². The zero-order valence-corrected chi connectivity index (χ0v) is 10.1. The summed E-state index contributed by atoms with van der Waals surface area (Å²) in [6.45, 7) is 5.51. The zero-order chi connectivity index (χ0) is 11.4. The smallest absolute Gasteiger partial charge is 0.00707 e. The van der Waals surface area contributed by atoms with Gasteiger partial charge in [-0.3, -0.25) is 4.90 Å². The molecule has 2 N–H and O–H groups in total. The molecule has 2 heteroatoms. The van der Waals surface area contributed by atoms with Gasteiger partial charge in [-0.1, -0.05) is 30.3 Å². The van der Waals surface area contributed by atoms with E-state index in [0.717, 1.165) is 13.0 Å². The van der Waals surface area contributed by atoms with Gasteiger partial charge in [0.15, 0.2) is 0 Å². The summed E-state index contributed by atoms with van der Waals surface area (Å²) < 4.78 is 0. The van der Waals surface area contributed by atoms with Crippen LogP contribution in [0, 0.1) is 5.92 Å². The third-order valence-electron chi connectivity index (χ3n) is 3.65. The second-order valence-corrected chi connectivity index (χ2v) is 4.92. The van der Waals surface area contributed by atoms with Crippen molar-refractivity contribution in [3.05, 3.63) is 35.9 Å². The second kappa shape index (κ2) is 5.46. The number of nitrogens with zero attached hydrogens (tertiary/aromatic N) is 1. The van der Waals surface area contributed by atoms with E-state index in [-0.39, 0.29) is 0 Å². The van der Waals surface area contributed by atoms with Gasteiger partial charge in [-0.15, -0.1) is 0 Å². The lowest BCUT2D eigenvalue weighted by molar-refractivity contribution is 0.268. The van der Waals surface area contributed by atoms with E-state index in [0.29, 0.717) is 12.0 Å². The largest absolute Gasteiger partial charge is 0.330 e. The minimum Gasteiger partial charge on any atom is -0.330 e. The Morgan fingerprint density at radius 3 is 2.69 bits per heavy atom. The molecule has 0 aromatic heterocycles. The standard InChI is InChI=1S/C14H22N2/c1-12-9-14(10-15)11-16(12)8-7-13-5-3-2-4-6-13/h2-6,12,14H,7-11,15H2,1H3. The van der Waals surface area contributed by atoms with Crippen LogP contribution in [0.2, 0.25) is 0 Å². The van der Waals surface area contributed by atoms with Crippen LogP contribution in [-0.2, 0) is 6.42 Å². The van der Waals surface area contributed by atoms with Crippen LogP contribution in [0.15, 0.2) is 30.3 Å². The Morgan fingerprint density at radius 1 is 1.31 bits per heavy atom. The first-order valence-corrected chi connectivity index (χ1v) is 6.27. The highest BCUT2D eigenvalue weighted by molar-refractivity contribution is 5.15. The van der Waals surface area contributed by atoms with Crippen LogP contribution in [0.5, 0.6) is 0 Å². The van der Waals surface area contributed by atoms with Gasteiger partial charge in [-0.05, 0) is 37.8 Å². The van der Waals surface area contributed by atoms with Crippen molar-refractivity contribution in [1.82, 2.24) is 4.90 Å². The average molecular weight is 218 g/mol. The first-order chi connectivity index (χ1) is 7.79. The molecular formula is C14H22N2. The molecular weight excluding hydrogens is 196 g/mol. The fraction of sp³-hybridized carbons (Fsp3) is 0.571. The molecule has 1 aromatic carbocycles. The van der Waals surface area contributed by atoms with Crippen molar-refractivity contribution in [2.75, 3.05) is 19.6 Å². The third kappa shape index (κ3) is 2.83. The molecule has 1 aliphatic rings. The summed E-state index contributed by atoms with van der Waals surface area (Å²) in [5.41, 5.74) is 7.17. The Bertz CT molecular complexity index is 310. The highest BCUT2D eigenvalue weighted by Gasteiger charge is 2.27. The summed E-state index contributed by atoms with van der Waals surface area (Å²) in [6.07, 6.45) is 2.42. The summed E-state index contributed by atoms with van der Waals surface area (Å²) in [5, 5.41) is 0. The topological polar surface area (TPSA) is 29.3 Å². The number of nitrogens with two attached hydrogens (primary N) is 1. The van der Waals surface area contributed by atoms with Gasteiger partial charge in [0.05, 0.1) is 0 Å². The fourth-order valence-corrected chi connectivity index (χ4v) is 2.62. The van der Waals surface area contributed by atoms with Gasteiger partial charge < -0.3 is 5.73 Å². The Balaban J connectivity index is 1.82. The van der Waals surface area contributed by atoms with Crippen LogP contribution in [0.4, 0.5) is 0 Å². The number of rotatable bonds is 4. The van der Waals surface area contributed by atoms with E-state index in [9.17, 15) is 0 Å². The summed E-state index contributed by atoms with van der Waals surface area (Å²) in [5.74, 6) is 0.714. The molecule has 2 nitrogen and oxygen atoms in total. The van der Waals surface area contributed by atoms with Crippen molar-refractivity contribution in [3.8, 4) is 0 Å². The van der Waals surface area contributed by atoms with E-state index in [4.69, 9.17) is 5.73 Å². The minimum atomic E-state index is 0.706. The predicted molar refractivity (Wildman–Crippen MR) is 68.3 cm³/mol. The molecule has 2 atom stereocenters. The lowest BCUT2D eigenvalue weighted by atomic mass is 10.1. The van der Waals surface area contributed by atoms with E-state index >= 15 is 0 Å². The molecule has 0 amide bonds. The molecule has 1 heterocycles. The van der Waals surface area contributed by atoms with Crippen molar-refractivity contribution >= 4 is 0 Å². The Morgan fingerprint density at radius 2 is 2.06 bits per heavy atom. The molecule has 1 saturated heterocycles. The summed E-state index contributed by atoms with van der Waals surface area (Å²) >= 11 is 0. The van der Waals surface area contributed by atoms with E-state index < -0.39 is 0 Å². The molecule has 1 aromatic rings. The van der Waals surface area contributed by atoms with Gasteiger partial charge in [-0.2, -0.15) is 0 Å². The Hall–Kier alpha value is -0.860. The molecule has 0 bridgehead atoms. The van der Waals surface area contributed by atoms with Gasteiger partial charge in [0, 0.05) is 19.1 Å². The molecule has 0 aliphatic carbocycles. The van der Waals surface area contributed by atoms with Gasteiger partial charge in [-0.25, -0.2) is 0 Å². The third-order valence-corrected chi connectivity index (χ3v) is 3.65. The lowest BCUT2D eigenvalue weighted by Crippen LogP contribution is -2.30. The van der Waals surface area contributed by atoms with Crippen LogP contribution in [0.25, 0.3) is 0 Å². The normalized spacial score (nSPS) is 26.1. The van der Waals surface area contributed by atoms with E-state index in [1.807, 2.05) is 0 Å². The molecule has 0 radical (unpaired) electrons. The summed E-state index contributed by atoms with van der Waals surface area (Å²) in [4.78, 5) is 2.57. The van der Waals surface area contributed by atoms with E-state index in [1.165, 1.54) is 25.1 Å². The number of hydrogen-bond acceptors (Lipinski definition) is 2. The molecule has 0 spiro atoms. The first kappa shape index (κ1) is 11.6. The number of likely N-dealkylation sites (tertiary alicyclic amines) is 1. The molecule has 2 unspecified atom stereocenters. The molecule has 1 fully saturated rings.